The largest absolute Gasteiger partial charge is 0.358 e. The molecule has 2 aliphatic heterocycles. The molecular formula is C19H22N2O. The number of carbonyl (C=O) groups is 1. The summed E-state index contributed by atoms with van der Waals surface area (Å²) >= 11 is 0. The molecule has 1 aromatic heterocycles. The van der Waals surface area contributed by atoms with Crippen molar-refractivity contribution < 1.29 is 4.79 Å². The summed E-state index contributed by atoms with van der Waals surface area (Å²) in [5.74, 6) is 0.871. The molecule has 0 saturated carbocycles. The highest BCUT2D eigenvalue weighted by Gasteiger charge is 2.54. The number of aromatic amines is 1. The zero-order valence-corrected chi connectivity index (χ0v) is 13.2. The number of Topliss-reactive ketones (excluding diaryl/α,β-unsaturated/α-hetero) is 1. The minimum Gasteiger partial charge on any atom is -0.358 e. The van der Waals surface area contributed by atoms with Gasteiger partial charge in [-0.2, -0.15) is 0 Å². The van der Waals surface area contributed by atoms with E-state index in [1.165, 1.54) is 22.2 Å². The fourth-order valence-electron chi connectivity index (χ4n) is 5.35. The first-order chi connectivity index (χ1) is 10.6. The Morgan fingerprint density at radius 2 is 1.95 bits per heavy atom. The van der Waals surface area contributed by atoms with Crippen molar-refractivity contribution in [1.82, 2.24) is 9.88 Å². The summed E-state index contributed by atoms with van der Waals surface area (Å²) in [6.45, 7) is 6.67. The molecule has 0 spiro atoms. The molecule has 0 radical (unpaired) electrons. The van der Waals surface area contributed by atoms with E-state index in [-0.39, 0.29) is 17.3 Å². The van der Waals surface area contributed by atoms with Crippen LogP contribution in [0, 0.1) is 11.8 Å². The third-order valence-corrected chi connectivity index (χ3v) is 6.47. The van der Waals surface area contributed by atoms with Gasteiger partial charge >= 0.3 is 0 Å². The van der Waals surface area contributed by atoms with Crippen LogP contribution in [0.4, 0.5) is 0 Å². The monoisotopic (exact) mass is 294 g/mol. The van der Waals surface area contributed by atoms with Gasteiger partial charge in [-0.15, -0.1) is 0 Å². The molecule has 3 heteroatoms. The molecule has 4 unspecified atom stereocenters. The van der Waals surface area contributed by atoms with Crippen LogP contribution in [-0.2, 0) is 10.2 Å². The van der Waals surface area contributed by atoms with Crippen molar-refractivity contribution in [2.24, 2.45) is 11.8 Å². The van der Waals surface area contributed by atoms with Gasteiger partial charge in [-0.05, 0) is 37.6 Å². The highest BCUT2D eigenvalue weighted by molar-refractivity contribution is 5.92. The van der Waals surface area contributed by atoms with Crippen LogP contribution in [-0.4, -0.2) is 28.8 Å². The normalized spacial score (nSPS) is 35.5. The molecule has 2 fully saturated rings. The average Bonchev–Trinajstić information content (AvgIpc) is 3.00. The maximum absolute atomic E-state index is 13.2. The topological polar surface area (TPSA) is 36.1 Å². The average molecular weight is 294 g/mol. The van der Waals surface area contributed by atoms with Gasteiger partial charge in [0.05, 0.1) is 0 Å². The van der Waals surface area contributed by atoms with Gasteiger partial charge in [0.15, 0.2) is 0 Å². The Kier molecular flexibility index (Phi) is 2.35. The molecule has 2 aromatic rings. The first-order valence-corrected chi connectivity index (χ1v) is 8.48. The van der Waals surface area contributed by atoms with Crippen LogP contribution in [0.3, 0.4) is 0 Å². The third kappa shape index (κ3) is 1.38. The summed E-state index contributed by atoms with van der Waals surface area (Å²) in [6.07, 6.45) is 2.04. The maximum atomic E-state index is 13.2. The van der Waals surface area contributed by atoms with Crippen molar-refractivity contribution in [3.05, 3.63) is 35.5 Å². The van der Waals surface area contributed by atoms with Gasteiger partial charge in [-0.25, -0.2) is 0 Å². The quantitative estimate of drug-likeness (QED) is 0.808. The van der Waals surface area contributed by atoms with Crippen LogP contribution in [0.2, 0.25) is 0 Å². The SMILES string of the molecule is CC1(C)c2[nH]c3ccccc3c2C2C3CCN2CCC1C3=O. The summed E-state index contributed by atoms with van der Waals surface area (Å²) in [7, 11) is 0. The summed E-state index contributed by atoms with van der Waals surface area (Å²) < 4.78 is 0. The van der Waals surface area contributed by atoms with Crippen LogP contribution >= 0.6 is 0 Å². The number of para-hydroxylation sites is 1. The molecular weight excluding hydrogens is 272 g/mol. The smallest absolute Gasteiger partial charge is 0.141 e. The van der Waals surface area contributed by atoms with Gasteiger partial charge in [0, 0.05) is 39.9 Å². The second kappa shape index (κ2) is 4.02. The predicted molar refractivity (Wildman–Crippen MR) is 86.9 cm³/mol. The van der Waals surface area contributed by atoms with E-state index in [1.807, 2.05) is 0 Å². The Morgan fingerprint density at radius 1 is 1.18 bits per heavy atom. The van der Waals surface area contributed by atoms with Crippen LogP contribution < -0.4 is 0 Å². The summed E-state index contributed by atoms with van der Waals surface area (Å²) in [4.78, 5) is 19.4. The molecule has 1 N–H and O–H groups in total. The van der Waals surface area contributed by atoms with Gasteiger partial charge < -0.3 is 4.98 Å². The number of aromatic nitrogens is 1. The zero-order valence-electron chi connectivity index (χ0n) is 13.2. The van der Waals surface area contributed by atoms with Gasteiger partial charge in [-0.3, -0.25) is 9.69 Å². The number of rotatable bonds is 0. The number of hydrogen-bond acceptors (Lipinski definition) is 2. The van der Waals surface area contributed by atoms with E-state index >= 15 is 0 Å². The summed E-state index contributed by atoms with van der Waals surface area (Å²) in [5, 5.41) is 1.32. The minimum absolute atomic E-state index is 0.0954. The Balaban J connectivity index is 1.90. The van der Waals surface area contributed by atoms with Gasteiger partial charge in [0.25, 0.3) is 0 Å². The number of benzene rings is 1. The molecule has 4 atom stereocenters. The molecule has 1 aromatic carbocycles. The van der Waals surface area contributed by atoms with Crippen molar-refractivity contribution in [2.75, 3.05) is 13.1 Å². The molecule has 0 amide bonds. The fraction of sp³-hybridized carbons (Fsp3) is 0.526. The number of H-pyrrole nitrogens is 1. The van der Waals surface area contributed by atoms with Crippen molar-refractivity contribution in [2.45, 2.75) is 38.1 Å². The zero-order chi connectivity index (χ0) is 15.1. The van der Waals surface area contributed by atoms with E-state index in [0.29, 0.717) is 11.8 Å². The summed E-state index contributed by atoms with van der Waals surface area (Å²) in [6, 6.07) is 8.90. The highest BCUT2D eigenvalue weighted by atomic mass is 16.1. The first-order valence-electron chi connectivity index (χ1n) is 8.48. The Labute approximate surface area is 130 Å². The van der Waals surface area contributed by atoms with E-state index in [2.05, 4.69) is 48.0 Å². The number of carbonyl (C=O) groups excluding carboxylic acids is 1. The molecule has 22 heavy (non-hydrogen) atoms. The van der Waals surface area contributed by atoms with E-state index in [0.717, 1.165) is 25.9 Å². The van der Waals surface area contributed by atoms with Crippen molar-refractivity contribution in [1.29, 1.82) is 0 Å². The molecule has 114 valence electrons. The molecule has 3 nitrogen and oxygen atoms in total. The molecule has 4 bridgehead atoms. The Hall–Kier alpha value is -1.61. The number of fused-ring (bicyclic) bond motifs is 4. The van der Waals surface area contributed by atoms with Gasteiger partial charge in [0.2, 0.25) is 0 Å². The number of nitrogens with one attached hydrogen (secondary N) is 1. The fourth-order valence-corrected chi connectivity index (χ4v) is 5.35. The van der Waals surface area contributed by atoms with Crippen LogP contribution in [0.15, 0.2) is 24.3 Å². The Bertz CT molecular complexity index is 788. The van der Waals surface area contributed by atoms with Crippen molar-refractivity contribution in [3.63, 3.8) is 0 Å². The number of hydrogen-bond donors (Lipinski definition) is 1. The second-order valence-electron chi connectivity index (χ2n) is 7.80. The molecule has 2 saturated heterocycles. The molecule has 3 heterocycles. The molecule has 1 aliphatic carbocycles. The van der Waals surface area contributed by atoms with E-state index < -0.39 is 0 Å². The highest BCUT2D eigenvalue weighted by Crippen LogP contribution is 2.54. The lowest BCUT2D eigenvalue weighted by molar-refractivity contribution is -0.128. The lowest BCUT2D eigenvalue weighted by atomic mass is 9.71. The first kappa shape index (κ1) is 12.9. The van der Waals surface area contributed by atoms with Crippen LogP contribution in [0.25, 0.3) is 10.9 Å². The second-order valence-corrected chi connectivity index (χ2v) is 7.80. The van der Waals surface area contributed by atoms with Crippen LogP contribution in [0.5, 0.6) is 0 Å². The van der Waals surface area contributed by atoms with Crippen molar-refractivity contribution in [3.8, 4) is 0 Å². The van der Waals surface area contributed by atoms with Gasteiger partial charge in [-0.1, -0.05) is 32.0 Å². The predicted octanol–water partition coefficient (Wildman–Crippen LogP) is 3.41. The lowest BCUT2D eigenvalue weighted by Crippen LogP contribution is -2.38. The van der Waals surface area contributed by atoms with Crippen molar-refractivity contribution >= 4 is 16.7 Å². The van der Waals surface area contributed by atoms with Gasteiger partial charge in [0.1, 0.15) is 5.78 Å². The standard InChI is InChI=1S/C19H22N2O/c1-19(2)13-8-10-21-9-7-12(17(13)22)16(21)15-11-5-3-4-6-14(11)20-18(15)19/h3-6,12-13,16,20H,7-10H2,1-2H3. The maximum Gasteiger partial charge on any atom is 0.141 e. The van der Waals surface area contributed by atoms with Crippen LogP contribution in [0.1, 0.15) is 44.0 Å². The molecule has 3 aliphatic rings. The lowest BCUT2D eigenvalue weighted by Gasteiger charge is -2.36. The summed E-state index contributed by atoms with van der Waals surface area (Å²) in [5.41, 5.74) is 3.85. The van der Waals surface area contributed by atoms with E-state index in [9.17, 15) is 4.79 Å². The van der Waals surface area contributed by atoms with E-state index in [4.69, 9.17) is 0 Å². The number of nitrogens with zero attached hydrogens (tertiary/aromatic N) is 1. The number of ketones is 1. The Morgan fingerprint density at radius 3 is 2.82 bits per heavy atom. The van der Waals surface area contributed by atoms with E-state index in [1.54, 1.807) is 0 Å². The minimum atomic E-state index is -0.0954. The third-order valence-electron chi connectivity index (χ3n) is 6.47. The molecule has 5 rings (SSSR count).